The van der Waals surface area contributed by atoms with Crippen molar-refractivity contribution in [2.24, 2.45) is 5.73 Å². The maximum atomic E-state index is 11.0. The van der Waals surface area contributed by atoms with Gasteiger partial charge in [-0.2, -0.15) is 0 Å². The molecule has 0 bridgehead atoms. The molecule has 0 radical (unpaired) electrons. The monoisotopic (exact) mass is 334 g/mol. The SMILES string of the molecule is CCCCCCCCCCCCNC(O)c1ccc(C(N)=O)cc1. The highest BCUT2D eigenvalue weighted by molar-refractivity contribution is 5.92. The van der Waals surface area contributed by atoms with Gasteiger partial charge in [0.15, 0.2) is 0 Å². The summed E-state index contributed by atoms with van der Waals surface area (Å²) < 4.78 is 0. The average Bonchev–Trinajstić information content (AvgIpc) is 2.59. The van der Waals surface area contributed by atoms with E-state index in [2.05, 4.69) is 12.2 Å². The summed E-state index contributed by atoms with van der Waals surface area (Å²) in [5.74, 6) is -0.450. The Morgan fingerprint density at radius 1 is 0.958 bits per heavy atom. The largest absolute Gasteiger partial charge is 0.374 e. The van der Waals surface area contributed by atoms with Crippen LogP contribution < -0.4 is 11.1 Å². The average molecular weight is 335 g/mol. The van der Waals surface area contributed by atoms with Crippen molar-refractivity contribution in [1.29, 1.82) is 0 Å². The summed E-state index contributed by atoms with van der Waals surface area (Å²) in [5, 5.41) is 13.2. The van der Waals surface area contributed by atoms with E-state index in [0.29, 0.717) is 5.56 Å². The normalized spacial score (nSPS) is 12.2. The van der Waals surface area contributed by atoms with Crippen molar-refractivity contribution in [2.75, 3.05) is 6.54 Å². The predicted octanol–water partition coefficient (Wildman–Crippen LogP) is 4.29. The summed E-state index contributed by atoms with van der Waals surface area (Å²) in [6.45, 7) is 3.05. The predicted molar refractivity (Wildman–Crippen MR) is 99.8 cm³/mol. The van der Waals surface area contributed by atoms with E-state index in [0.717, 1.165) is 18.5 Å². The van der Waals surface area contributed by atoms with Gasteiger partial charge >= 0.3 is 0 Å². The van der Waals surface area contributed by atoms with Gasteiger partial charge in [0.2, 0.25) is 5.91 Å². The highest BCUT2D eigenvalue weighted by atomic mass is 16.3. The maximum Gasteiger partial charge on any atom is 0.248 e. The summed E-state index contributed by atoms with van der Waals surface area (Å²) in [5.41, 5.74) is 6.42. The number of rotatable bonds is 14. The Hall–Kier alpha value is -1.39. The number of hydrogen-bond donors (Lipinski definition) is 3. The van der Waals surface area contributed by atoms with E-state index in [1.165, 1.54) is 57.8 Å². The molecule has 4 nitrogen and oxygen atoms in total. The first-order valence-electron chi connectivity index (χ1n) is 9.46. The molecule has 4 N–H and O–H groups in total. The van der Waals surface area contributed by atoms with Gasteiger partial charge in [0, 0.05) is 5.56 Å². The Morgan fingerprint density at radius 2 is 1.46 bits per heavy atom. The third-order valence-corrected chi connectivity index (χ3v) is 4.38. The molecule has 0 saturated heterocycles. The fraction of sp³-hybridized carbons (Fsp3) is 0.650. The molecule has 1 aromatic carbocycles. The first-order chi connectivity index (χ1) is 11.6. The van der Waals surface area contributed by atoms with Gasteiger partial charge in [-0.15, -0.1) is 0 Å². The molecule has 1 amide bonds. The second kappa shape index (κ2) is 13.0. The summed E-state index contributed by atoms with van der Waals surface area (Å²) >= 11 is 0. The summed E-state index contributed by atoms with van der Waals surface area (Å²) in [7, 11) is 0. The van der Waals surface area contributed by atoms with Gasteiger partial charge in [-0.05, 0) is 30.7 Å². The minimum Gasteiger partial charge on any atom is -0.374 e. The molecule has 0 saturated carbocycles. The molecule has 0 fully saturated rings. The van der Waals surface area contributed by atoms with E-state index in [-0.39, 0.29) is 0 Å². The lowest BCUT2D eigenvalue weighted by atomic mass is 10.1. The number of carbonyl (C=O) groups is 1. The van der Waals surface area contributed by atoms with E-state index in [4.69, 9.17) is 5.73 Å². The summed E-state index contributed by atoms with van der Waals surface area (Å²) in [4.78, 5) is 11.0. The van der Waals surface area contributed by atoms with Crippen LogP contribution in [0.2, 0.25) is 0 Å². The van der Waals surface area contributed by atoms with Crippen LogP contribution in [0.5, 0.6) is 0 Å². The minimum absolute atomic E-state index is 0.450. The number of nitrogens with one attached hydrogen (secondary N) is 1. The molecule has 1 atom stereocenters. The van der Waals surface area contributed by atoms with Crippen LogP contribution in [0.15, 0.2) is 24.3 Å². The standard InChI is InChI=1S/C20H34N2O2/c1-2-3-4-5-6-7-8-9-10-11-16-22-20(24)18-14-12-17(13-15-18)19(21)23/h12-15,20,22,24H,2-11,16H2,1H3,(H2,21,23). The molecule has 24 heavy (non-hydrogen) atoms. The molecule has 1 unspecified atom stereocenters. The third-order valence-electron chi connectivity index (χ3n) is 4.38. The van der Waals surface area contributed by atoms with Crippen LogP contribution >= 0.6 is 0 Å². The Kier molecular flexibility index (Phi) is 11.2. The lowest BCUT2D eigenvalue weighted by molar-refractivity contribution is 0.0999. The minimum atomic E-state index is -0.689. The topological polar surface area (TPSA) is 75.3 Å². The van der Waals surface area contributed by atoms with Crippen LogP contribution in [-0.2, 0) is 0 Å². The van der Waals surface area contributed by atoms with Gasteiger partial charge in [-0.1, -0.05) is 76.8 Å². The van der Waals surface area contributed by atoms with E-state index >= 15 is 0 Å². The van der Waals surface area contributed by atoms with Crippen LogP contribution in [0.3, 0.4) is 0 Å². The smallest absolute Gasteiger partial charge is 0.248 e. The zero-order valence-corrected chi connectivity index (χ0v) is 15.1. The van der Waals surface area contributed by atoms with Gasteiger partial charge in [-0.25, -0.2) is 0 Å². The molecular weight excluding hydrogens is 300 g/mol. The van der Waals surface area contributed by atoms with E-state index in [9.17, 15) is 9.90 Å². The highest BCUT2D eigenvalue weighted by Crippen LogP contribution is 2.13. The van der Waals surface area contributed by atoms with Crippen molar-refractivity contribution >= 4 is 5.91 Å². The number of primary amides is 1. The lowest BCUT2D eigenvalue weighted by Crippen LogP contribution is -2.22. The van der Waals surface area contributed by atoms with Crippen molar-refractivity contribution in [1.82, 2.24) is 5.32 Å². The second-order valence-electron chi connectivity index (χ2n) is 6.52. The number of aliphatic hydroxyl groups is 1. The first kappa shape index (κ1) is 20.7. The van der Waals surface area contributed by atoms with Crippen molar-refractivity contribution in [3.05, 3.63) is 35.4 Å². The second-order valence-corrected chi connectivity index (χ2v) is 6.52. The molecule has 0 aliphatic rings. The number of nitrogens with two attached hydrogens (primary N) is 1. The molecule has 0 aliphatic carbocycles. The number of amides is 1. The van der Waals surface area contributed by atoms with Crippen LogP contribution in [0.4, 0.5) is 0 Å². The molecule has 0 aromatic heterocycles. The molecular formula is C20H34N2O2. The number of hydrogen-bond acceptors (Lipinski definition) is 3. The fourth-order valence-electron chi connectivity index (χ4n) is 2.80. The molecule has 0 aliphatic heterocycles. The number of unbranched alkanes of at least 4 members (excludes halogenated alkanes) is 9. The molecule has 4 heteroatoms. The van der Waals surface area contributed by atoms with Crippen LogP contribution in [0, 0.1) is 0 Å². The van der Waals surface area contributed by atoms with Gasteiger partial charge in [0.25, 0.3) is 0 Å². The number of aliphatic hydroxyl groups excluding tert-OH is 1. The van der Waals surface area contributed by atoms with Crippen molar-refractivity contribution in [3.63, 3.8) is 0 Å². The molecule has 1 aromatic rings. The Morgan fingerprint density at radius 3 is 1.96 bits per heavy atom. The lowest BCUT2D eigenvalue weighted by Gasteiger charge is -2.13. The molecule has 136 valence electrons. The summed E-state index contributed by atoms with van der Waals surface area (Å²) in [6.07, 6.45) is 12.4. The maximum absolute atomic E-state index is 11.0. The number of carbonyl (C=O) groups excluding carboxylic acids is 1. The van der Waals surface area contributed by atoms with Gasteiger partial charge < -0.3 is 10.8 Å². The molecule has 1 rings (SSSR count). The van der Waals surface area contributed by atoms with Gasteiger partial charge in [0.05, 0.1) is 0 Å². The van der Waals surface area contributed by atoms with Crippen molar-refractivity contribution in [2.45, 2.75) is 77.4 Å². The van der Waals surface area contributed by atoms with Gasteiger partial charge in [-0.3, -0.25) is 10.1 Å². The zero-order valence-electron chi connectivity index (χ0n) is 15.1. The molecule has 0 heterocycles. The first-order valence-corrected chi connectivity index (χ1v) is 9.46. The van der Waals surface area contributed by atoms with E-state index in [1.807, 2.05) is 0 Å². The fourth-order valence-corrected chi connectivity index (χ4v) is 2.80. The van der Waals surface area contributed by atoms with E-state index in [1.54, 1.807) is 24.3 Å². The van der Waals surface area contributed by atoms with Gasteiger partial charge in [0.1, 0.15) is 6.23 Å². The quantitative estimate of drug-likeness (QED) is 0.351. The zero-order chi connectivity index (χ0) is 17.6. The molecule has 0 spiro atoms. The number of benzene rings is 1. The Balaban J connectivity index is 2.01. The third kappa shape index (κ3) is 9.04. The Labute approximate surface area is 146 Å². The van der Waals surface area contributed by atoms with Crippen LogP contribution in [0.1, 0.15) is 93.3 Å². The van der Waals surface area contributed by atoms with Crippen LogP contribution in [-0.4, -0.2) is 17.6 Å². The van der Waals surface area contributed by atoms with Crippen molar-refractivity contribution < 1.29 is 9.90 Å². The Bertz CT molecular complexity index is 445. The van der Waals surface area contributed by atoms with Crippen molar-refractivity contribution in [3.8, 4) is 0 Å². The summed E-state index contributed by atoms with van der Waals surface area (Å²) in [6, 6.07) is 6.75. The highest BCUT2D eigenvalue weighted by Gasteiger charge is 2.07. The van der Waals surface area contributed by atoms with Crippen LogP contribution in [0.25, 0.3) is 0 Å². The van der Waals surface area contributed by atoms with E-state index < -0.39 is 12.1 Å².